The monoisotopic (exact) mass is 391 g/mol. The number of carbonyl (C=O) groups is 1. The van der Waals surface area contributed by atoms with Gasteiger partial charge in [-0.2, -0.15) is 5.10 Å². The van der Waals surface area contributed by atoms with Crippen LogP contribution < -0.4 is 4.90 Å². The zero-order valence-electron chi connectivity index (χ0n) is 16.1. The standard InChI is InChI=1S/C21H21N5OS/c1-4-25-10-8-17(24-25)20(27)26(13-16-7-5-6-9-22-16)21-23-18-11-14(2)15(3)12-19(18)28-21/h5-12H,4,13H2,1-3H3. The highest BCUT2D eigenvalue weighted by Crippen LogP contribution is 2.32. The smallest absolute Gasteiger partial charge is 0.276 e. The summed E-state index contributed by atoms with van der Waals surface area (Å²) in [6.07, 6.45) is 3.55. The molecule has 0 N–H and O–H groups in total. The van der Waals surface area contributed by atoms with E-state index in [1.165, 1.54) is 22.5 Å². The second-order valence-corrected chi connectivity index (χ2v) is 7.68. The number of anilines is 1. The Balaban J connectivity index is 1.76. The molecule has 142 valence electrons. The molecule has 0 bridgehead atoms. The number of benzene rings is 1. The predicted molar refractivity (Wildman–Crippen MR) is 112 cm³/mol. The molecule has 28 heavy (non-hydrogen) atoms. The number of aryl methyl sites for hydroxylation is 3. The molecule has 0 saturated heterocycles. The second-order valence-electron chi connectivity index (χ2n) is 6.67. The average Bonchev–Trinajstić information content (AvgIpc) is 3.33. The van der Waals surface area contributed by atoms with Gasteiger partial charge in [0.1, 0.15) is 0 Å². The third-order valence-corrected chi connectivity index (χ3v) is 5.74. The van der Waals surface area contributed by atoms with E-state index in [2.05, 4.69) is 36.1 Å². The van der Waals surface area contributed by atoms with Crippen molar-refractivity contribution in [3.8, 4) is 0 Å². The Morgan fingerprint density at radius 2 is 2.00 bits per heavy atom. The number of carbonyl (C=O) groups excluding carboxylic acids is 1. The topological polar surface area (TPSA) is 63.9 Å². The lowest BCUT2D eigenvalue weighted by Gasteiger charge is -2.18. The molecule has 6 nitrogen and oxygen atoms in total. The van der Waals surface area contributed by atoms with Crippen molar-refractivity contribution in [2.24, 2.45) is 0 Å². The summed E-state index contributed by atoms with van der Waals surface area (Å²) in [4.78, 5) is 24.1. The van der Waals surface area contributed by atoms with Gasteiger partial charge in [0, 0.05) is 18.9 Å². The van der Waals surface area contributed by atoms with Gasteiger partial charge in [-0.25, -0.2) is 4.98 Å². The molecule has 0 atom stereocenters. The van der Waals surface area contributed by atoms with Crippen LogP contribution in [0.1, 0.15) is 34.2 Å². The maximum absolute atomic E-state index is 13.3. The lowest BCUT2D eigenvalue weighted by atomic mass is 10.1. The van der Waals surface area contributed by atoms with Crippen LogP contribution >= 0.6 is 11.3 Å². The van der Waals surface area contributed by atoms with Gasteiger partial charge in [0.15, 0.2) is 10.8 Å². The summed E-state index contributed by atoms with van der Waals surface area (Å²) in [5.74, 6) is -0.176. The van der Waals surface area contributed by atoms with Crippen molar-refractivity contribution >= 4 is 32.6 Å². The largest absolute Gasteiger partial charge is 0.280 e. The van der Waals surface area contributed by atoms with Crippen LogP contribution in [0.4, 0.5) is 5.13 Å². The van der Waals surface area contributed by atoms with E-state index in [9.17, 15) is 4.79 Å². The Kier molecular flexibility index (Phi) is 4.92. The summed E-state index contributed by atoms with van der Waals surface area (Å²) in [7, 11) is 0. The van der Waals surface area contributed by atoms with Gasteiger partial charge in [-0.05, 0) is 62.2 Å². The van der Waals surface area contributed by atoms with Crippen LogP contribution in [-0.4, -0.2) is 25.7 Å². The summed E-state index contributed by atoms with van der Waals surface area (Å²) < 4.78 is 2.81. The van der Waals surface area contributed by atoms with Crippen LogP contribution in [-0.2, 0) is 13.1 Å². The normalized spacial score (nSPS) is 11.1. The minimum Gasteiger partial charge on any atom is -0.276 e. The van der Waals surface area contributed by atoms with Gasteiger partial charge >= 0.3 is 0 Å². The lowest BCUT2D eigenvalue weighted by Crippen LogP contribution is -2.31. The molecule has 7 heteroatoms. The number of fused-ring (bicyclic) bond motifs is 1. The fraction of sp³-hybridized carbons (Fsp3) is 0.238. The molecular formula is C21H21N5OS. The van der Waals surface area contributed by atoms with Gasteiger partial charge in [0.05, 0.1) is 22.5 Å². The minimum absolute atomic E-state index is 0.176. The van der Waals surface area contributed by atoms with Crippen LogP contribution in [0.15, 0.2) is 48.8 Å². The molecule has 0 saturated carbocycles. The first-order valence-corrected chi connectivity index (χ1v) is 10.00. The summed E-state index contributed by atoms with van der Waals surface area (Å²) >= 11 is 1.51. The van der Waals surface area contributed by atoms with Gasteiger partial charge in [-0.15, -0.1) is 0 Å². The van der Waals surface area contributed by atoms with E-state index in [1.807, 2.05) is 31.3 Å². The molecule has 1 aromatic carbocycles. The highest BCUT2D eigenvalue weighted by molar-refractivity contribution is 7.22. The minimum atomic E-state index is -0.176. The fourth-order valence-electron chi connectivity index (χ4n) is 2.95. The Morgan fingerprint density at radius 1 is 1.18 bits per heavy atom. The number of amides is 1. The zero-order chi connectivity index (χ0) is 19.7. The van der Waals surface area contributed by atoms with Crippen LogP contribution in [0, 0.1) is 13.8 Å². The average molecular weight is 392 g/mol. The van der Waals surface area contributed by atoms with E-state index in [4.69, 9.17) is 4.98 Å². The predicted octanol–water partition coefficient (Wildman–Crippen LogP) is 4.37. The number of rotatable bonds is 5. The van der Waals surface area contributed by atoms with Gasteiger partial charge < -0.3 is 0 Å². The van der Waals surface area contributed by atoms with Crippen molar-refractivity contribution in [1.29, 1.82) is 0 Å². The molecule has 0 spiro atoms. The van der Waals surface area contributed by atoms with E-state index in [1.54, 1.807) is 21.8 Å². The molecule has 3 heterocycles. The van der Waals surface area contributed by atoms with Crippen molar-refractivity contribution in [1.82, 2.24) is 19.7 Å². The molecule has 0 aliphatic heterocycles. The fourth-order valence-corrected chi connectivity index (χ4v) is 4.00. The number of hydrogen-bond donors (Lipinski definition) is 0. The van der Waals surface area contributed by atoms with Crippen LogP contribution in [0.5, 0.6) is 0 Å². The summed E-state index contributed by atoms with van der Waals surface area (Å²) in [5.41, 5.74) is 4.52. The molecule has 0 aliphatic rings. The summed E-state index contributed by atoms with van der Waals surface area (Å²) in [6, 6.07) is 11.6. The number of hydrogen-bond acceptors (Lipinski definition) is 5. The Bertz CT molecular complexity index is 1090. The summed E-state index contributed by atoms with van der Waals surface area (Å²) in [5, 5.41) is 5.04. The number of pyridine rings is 1. The third-order valence-electron chi connectivity index (χ3n) is 4.70. The van der Waals surface area contributed by atoms with Crippen molar-refractivity contribution in [3.05, 3.63) is 71.3 Å². The van der Waals surface area contributed by atoms with E-state index >= 15 is 0 Å². The first-order chi connectivity index (χ1) is 13.5. The summed E-state index contributed by atoms with van der Waals surface area (Å²) in [6.45, 7) is 7.21. The molecular weight excluding hydrogens is 370 g/mol. The van der Waals surface area contributed by atoms with E-state index < -0.39 is 0 Å². The first kappa shape index (κ1) is 18.3. The van der Waals surface area contributed by atoms with Crippen molar-refractivity contribution in [2.45, 2.75) is 33.9 Å². The SMILES string of the molecule is CCn1ccc(C(=O)N(Cc2ccccn2)c2nc3cc(C)c(C)cc3s2)n1. The highest BCUT2D eigenvalue weighted by atomic mass is 32.1. The number of nitrogens with zero attached hydrogens (tertiary/aromatic N) is 5. The highest BCUT2D eigenvalue weighted by Gasteiger charge is 2.24. The molecule has 1 amide bonds. The molecule has 4 aromatic rings. The lowest BCUT2D eigenvalue weighted by molar-refractivity contribution is 0.0979. The molecule has 3 aromatic heterocycles. The molecule has 0 fully saturated rings. The van der Waals surface area contributed by atoms with Gasteiger partial charge in [0.2, 0.25) is 0 Å². The maximum Gasteiger partial charge on any atom is 0.280 e. The van der Waals surface area contributed by atoms with Crippen LogP contribution in [0.3, 0.4) is 0 Å². The Hall–Kier alpha value is -3.06. The zero-order valence-corrected chi connectivity index (χ0v) is 16.9. The number of aromatic nitrogens is 4. The molecule has 4 rings (SSSR count). The maximum atomic E-state index is 13.3. The Morgan fingerprint density at radius 3 is 2.71 bits per heavy atom. The first-order valence-electron chi connectivity index (χ1n) is 9.18. The second kappa shape index (κ2) is 7.52. The van der Waals surface area contributed by atoms with E-state index in [0.717, 1.165) is 15.9 Å². The molecule has 0 radical (unpaired) electrons. The third kappa shape index (κ3) is 3.53. The van der Waals surface area contributed by atoms with Crippen LogP contribution in [0.25, 0.3) is 10.2 Å². The van der Waals surface area contributed by atoms with Gasteiger partial charge in [-0.3, -0.25) is 19.4 Å². The quantitative estimate of drug-likeness (QED) is 0.507. The Labute approximate surface area is 167 Å². The molecule has 0 aliphatic carbocycles. The van der Waals surface area contributed by atoms with E-state index in [-0.39, 0.29) is 5.91 Å². The molecule has 0 unspecified atom stereocenters. The van der Waals surface area contributed by atoms with Gasteiger partial charge in [0.25, 0.3) is 5.91 Å². The van der Waals surface area contributed by atoms with E-state index in [0.29, 0.717) is 23.9 Å². The number of thiazole rings is 1. The van der Waals surface area contributed by atoms with Crippen molar-refractivity contribution in [2.75, 3.05) is 4.90 Å². The van der Waals surface area contributed by atoms with Gasteiger partial charge in [-0.1, -0.05) is 17.4 Å². The van der Waals surface area contributed by atoms with Crippen molar-refractivity contribution < 1.29 is 4.79 Å². The van der Waals surface area contributed by atoms with Crippen molar-refractivity contribution in [3.63, 3.8) is 0 Å². The van der Waals surface area contributed by atoms with Crippen LogP contribution in [0.2, 0.25) is 0 Å².